The van der Waals surface area contributed by atoms with Crippen LogP contribution in [0.3, 0.4) is 0 Å². The van der Waals surface area contributed by atoms with E-state index in [2.05, 4.69) is 45.0 Å². The van der Waals surface area contributed by atoms with Gasteiger partial charge in [-0.2, -0.15) is 16.8 Å². The van der Waals surface area contributed by atoms with Crippen LogP contribution in [-0.2, 0) is 36.2 Å². The number of phenolic OH excluding ortho intramolecular Hbond substituents is 1. The van der Waals surface area contributed by atoms with Crippen molar-refractivity contribution in [3.05, 3.63) is 69.8 Å². The molecular formula is C50H76N3O11S2+. The number of nitrogens with zero attached hydrogens (tertiary/aromatic N) is 2. The summed E-state index contributed by atoms with van der Waals surface area (Å²) in [6.45, 7) is 25.5. The van der Waals surface area contributed by atoms with Crippen molar-refractivity contribution in [1.29, 1.82) is 0 Å². The zero-order valence-electron chi connectivity index (χ0n) is 41.4. The number of aromatic hydroxyl groups is 1. The Hall–Kier alpha value is -4.22. The first-order valence-corrected chi connectivity index (χ1v) is 26.2. The normalized spacial score (nSPS) is 18.2. The Balaban J connectivity index is 1.70. The van der Waals surface area contributed by atoms with Gasteiger partial charge in [0.25, 0.3) is 26.1 Å². The van der Waals surface area contributed by atoms with E-state index in [9.17, 15) is 45.7 Å². The van der Waals surface area contributed by atoms with Gasteiger partial charge in [0, 0.05) is 67.2 Å². The maximum absolute atomic E-state index is 14.0. The van der Waals surface area contributed by atoms with Crippen LogP contribution in [0.4, 0.5) is 11.4 Å². The summed E-state index contributed by atoms with van der Waals surface area (Å²) in [6, 6.07) is 9.27. The second kappa shape index (κ2) is 21.4. The SMILES string of the molecule is Cc1c(C)c2c(c(C)c1O)CCC(C)(C(=O)NCCC[N+](C)(c1ccc(S(=O)(=O)O)cc1C(C)C)[C@H](C)[C@H](C)[C@H](C)C(C)N(CCCCCC(=O)O)c1ccc(S(=O)(=O)O)cc1C(C)C)O2. The third kappa shape index (κ3) is 12.1. The zero-order valence-corrected chi connectivity index (χ0v) is 43.0. The first kappa shape index (κ1) is 54.4. The van der Waals surface area contributed by atoms with E-state index in [0.717, 1.165) is 44.8 Å². The molecule has 14 nitrogen and oxygen atoms in total. The number of carbonyl (C=O) groups excluding carboxylic acids is 1. The van der Waals surface area contributed by atoms with Crippen LogP contribution in [-0.4, -0.2) is 92.4 Å². The fourth-order valence-corrected chi connectivity index (χ4v) is 10.8. The Labute approximate surface area is 394 Å². The molecule has 0 bridgehead atoms. The van der Waals surface area contributed by atoms with Crippen molar-refractivity contribution >= 4 is 43.5 Å². The number of quaternary nitrogens is 1. The minimum atomic E-state index is -4.49. The molecule has 1 heterocycles. The lowest BCUT2D eigenvalue weighted by Gasteiger charge is -2.47. The van der Waals surface area contributed by atoms with Crippen LogP contribution in [0.1, 0.15) is 146 Å². The highest BCUT2D eigenvalue weighted by Crippen LogP contribution is 2.44. The molecule has 6 atom stereocenters. The van der Waals surface area contributed by atoms with Gasteiger partial charge < -0.3 is 25.2 Å². The monoisotopic (exact) mass is 958 g/mol. The fraction of sp³-hybridized carbons (Fsp3) is 0.600. The lowest BCUT2D eigenvalue weighted by atomic mass is 9.81. The van der Waals surface area contributed by atoms with Crippen LogP contribution in [0.5, 0.6) is 11.5 Å². The lowest BCUT2D eigenvalue weighted by molar-refractivity contribution is -0.137. The molecule has 16 heteroatoms. The average Bonchev–Trinajstić information content (AvgIpc) is 3.25. The molecule has 3 aromatic rings. The van der Waals surface area contributed by atoms with E-state index in [4.69, 9.17) is 4.74 Å². The van der Waals surface area contributed by atoms with Crippen molar-refractivity contribution in [1.82, 2.24) is 9.80 Å². The molecule has 1 aliphatic rings. The number of rotatable bonds is 22. The highest BCUT2D eigenvalue weighted by molar-refractivity contribution is 7.86. The van der Waals surface area contributed by atoms with Crippen LogP contribution < -0.4 is 19.4 Å². The van der Waals surface area contributed by atoms with E-state index in [0.29, 0.717) is 68.4 Å². The van der Waals surface area contributed by atoms with Crippen LogP contribution in [0.2, 0.25) is 0 Å². The van der Waals surface area contributed by atoms with Gasteiger partial charge in [0.15, 0.2) is 5.60 Å². The number of carbonyl (C=O) groups is 2. The molecule has 0 aliphatic carbocycles. The van der Waals surface area contributed by atoms with Crippen molar-refractivity contribution in [3.63, 3.8) is 0 Å². The van der Waals surface area contributed by atoms with Crippen molar-refractivity contribution in [2.24, 2.45) is 11.8 Å². The Morgan fingerprint density at radius 1 is 0.803 bits per heavy atom. The van der Waals surface area contributed by atoms with Crippen molar-refractivity contribution in [2.75, 3.05) is 31.6 Å². The highest BCUT2D eigenvalue weighted by atomic mass is 32.2. The van der Waals surface area contributed by atoms with E-state index >= 15 is 0 Å². The third-order valence-electron chi connectivity index (χ3n) is 14.8. The van der Waals surface area contributed by atoms with Gasteiger partial charge in [0.05, 0.1) is 29.4 Å². The summed E-state index contributed by atoms with van der Waals surface area (Å²) in [4.78, 5) is 27.2. The van der Waals surface area contributed by atoms with Crippen LogP contribution in [0.15, 0.2) is 46.2 Å². The molecule has 0 spiro atoms. The molecule has 3 unspecified atom stereocenters. The number of amides is 1. The molecule has 368 valence electrons. The summed E-state index contributed by atoms with van der Waals surface area (Å²) in [5.41, 5.74) is 5.34. The van der Waals surface area contributed by atoms with Gasteiger partial charge in [-0.15, -0.1) is 0 Å². The van der Waals surface area contributed by atoms with E-state index in [1.165, 1.54) is 18.2 Å². The first-order valence-electron chi connectivity index (χ1n) is 23.3. The maximum atomic E-state index is 14.0. The molecular weight excluding hydrogens is 883 g/mol. The molecule has 5 N–H and O–H groups in total. The van der Waals surface area contributed by atoms with Crippen molar-refractivity contribution < 1.29 is 50.5 Å². The fourth-order valence-electron chi connectivity index (χ4n) is 9.75. The highest BCUT2D eigenvalue weighted by Gasteiger charge is 2.43. The molecule has 0 saturated heterocycles. The largest absolute Gasteiger partial charge is 0.507 e. The number of hydrogen-bond acceptors (Lipinski definition) is 9. The summed E-state index contributed by atoms with van der Waals surface area (Å²) in [6.07, 6.45) is 3.54. The van der Waals surface area contributed by atoms with Gasteiger partial charge in [-0.1, -0.05) is 48.0 Å². The molecule has 4 rings (SSSR count). The first-order chi connectivity index (χ1) is 30.5. The van der Waals surface area contributed by atoms with Gasteiger partial charge in [-0.05, 0) is 131 Å². The number of phenols is 1. The number of benzene rings is 3. The zero-order chi connectivity index (χ0) is 49.9. The third-order valence-corrected chi connectivity index (χ3v) is 16.5. The van der Waals surface area contributed by atoms with Crippen LogP contribution in [0, 0.1) is 32.6 Å². The van der Waals surface area contributed by atoms with Gasteiger partial charge >= 0.3 is 5.97 Å². The quantitative estimate of drug-likeness (QED) is 0.0363. The van der Waals surface area contributed by atoms with Crippen LogP contribution in [0.25, 0.3) is 0 Å². The predicted molar refractivity (Wildman–Crippen MR) is 261 cm³/mol. The number of fused-ring (bicyclic) bond motifs is 1. The number of carboxylic acids is 1. The molecule has 0 radical (unpaired) electrons. The summed E-state index contributed by atoms with van der Waals surface area (Å²) in [5.74, 6) is -0.394. The summed E-state index contributed by atoms with van der Waals surface area (Å²) >= 11 is 0. The Morgan fingerprint density at radius 3 is 1.94 bits per heavy atom. The predicted octanol–water partition coefficient (Wildman–Crippen LogP) is 9.49. The van der Waals surface area contributed by atoms with Crippen molar-refractivity contribution in [3.8, 4) is 11.5 Å². The summed E-state index contributed by atoms with van der Waals surface area (Å²) in [7, 11) is -6.82. The van der Waals surface area contributed by atoms with E-state index in [1.54, 1.807) is 25.1 Å². The number of aliphatic carboxylic acids is 1. The van der Waals surface area contributed by atoms with E-state index in [1.807, 2.05) is 48.5 Å². The Morgan fingerprint density at radius 2 is 1.38 bits per heavy atom. The van der Waals surface area contributed by atoms with Gasteiger partial charge in [0.2, 0.25) is 0 Å². The minimum Gasteiger partial charge on any atom is -0.507 e. The van der Waals surface area contributed by atoms with Crippen molar-refractivity contribution in [2.45, 2.75) is 167 Å². The average molecular weight is 959 g/mol. The topological polar surface area (TPSA) is 208 Å². The van der Waals surface area contributed by atoms with E-state index < -0.39 is 31.8 Å². The van der Waals surface area contributed by atoms with E-state index in [-0.39, 0.29) is 63.6 Å². The number of hydrogen-bond donors (Lipinski definition) is 5. The second-order valence-electron chi connectivity index (χ2n) is 19.8. The lowest BCUT2D eigenvalue weighted by Crippen LogP contribution is -2.59. The van der Waals surface area contributed by atoms with Gasteiger partial charge in [0.1, 0.15) is 17.2 Å². The number of nitrogens with one attached hydrogen (secondary N) is 1. The smallest absolute Gasteiger partial charge is 0.303 e. The summed E-state index contributed by atoms with van der Waals surface area (Å²) in [5, 5.41) is 23.1. The number of unbranched alkanes of at least 4 members (excludes halogenated alkanes) is 2. The number of anilines is 1. The molecule has 1 amide bonds. The second-order valence-corrected chi connectivity index (χ2v) is 22.6. The molecule has 0 fully saturated rings. The molecule has 1 aliphatic heterocycles. The Kier molecular flexibility index (Phi) is 17.6. The standard InChI is InChI=1S/C50H75N3O11S2/c1-30(2)42-28-39(65(58,59)60)19-21-44(42)52(26-16-14-15-18-46(54)55)37(10)32(5)33(6)38(11)53(13,45-22-20-40(66(61,62)63)29-43(45)31(3)4)27-17-25-51-49(57)50(12)24-23-41-36(9)47(56)34(7)35(8)48(41)64-50/h19-22,28-33,37-38H,14-18,23-27H2,1-13H3,(H4-,51,54,55,56,57,58,59,60,61,62,63)/p+1/t32-,33+,37?,38+,50?,53?/m0/s1. The molecule has 0 saturated carbocycles. The number of carboxylic acid groups (broad SMARTS) is 1. The van der Waals surface area contributed by atoms with Gasteiger partial charge in [-0.3, -0.25) is 23.2 Å². The van der Waals surface area contributed by atoms with Gasteiger partial charge in [-0.25, -0.2) is 0 Å². The van der Waals surface area contributed by atoms with Crippen LogP contribution >= 0.6 is 0 Å². The minimum absolute atomic E-state index is 0.000773. The summed E-state index contributed by atoms with van der Waals surface area (Å²) < 4.78 is 76.2. The molecule has 66 heavy (non-hydrogen) atoms. The molecule has 0 aromatic heterocycles. The maximum Gasteiger partial charge on any atom is 0.303 e. The number of ether oxygens (including phenoxy) is 1. The molecule has 3 aromatic carbocycles. The Bertz CT molecular complexity index is 2470.